The largest absolute Gasteiger partial charge is 0.338 e. The molecule has 114 valence electrons. The molecule has 2 fully saturated rings. The standard InChI is InChI=1S/C14H21N5O2/c1-17-10-16-9-12(17)14(21)19-6-2-3-11(19)13(20)18-7-4-15-5-8-18/h9-11,15H,2-8H2,1H3. The van der Waals surface area contributed by atoms with Crippen LogP contribution in [0.5, 0.6) is 0 Å². The summed E-state index contributed by atoms with van der Waals surface area (Å²) in [6, 6.07) is -0.314. The Balaban J connectivity index is 1.74. The summed E-state index contributed by atoms with van der Waals surface area (Å²) in [5.41, 5.74) is 0.537. The summed E-state index contributed by atoms with van der Waals surface area (Å²) >= 11 is 0. The monoisotopic (exact) mass is 291 g/mol. The first kappa shape index (κ1) is 14.1. The van der Waals surface area contributed by atoms with Crippen molar-refractivity contribution in [2.45, 2.75) is 18.9 Å². The van der Waals surface area contributed by atoms with Gasteiger partial charge in [0.2, 0.25) is 5.91 Å². The Morgan fingerprint density at radius 1 is 1.29 bits per heavy atom. The molecule has 0 saturated carbocycles. The number of aryl methyl sites for hydroxylation is 1. The minimum absolute atomic E-state index is 0.0875. The highest BCUT2D eigenvalue weighted by atomic mass is 16.2. The van der Waals surface area contributed by atoms with E-state index in [0.717, 1.165) is 39.0 Å². The second-order valence-electron chi connectivity index (χ2n) is 5.62. The summed E-state index contributed by atoms with van der Waals surface area (Å²) in [6.45, 7) is 3.75. The summed E-state index contributed by atoms with van der Waals surface area (Å²) in [6.07, 6.45) is 4.81. The molecule has 1 unspecified atom stereocenters. The molecule has 21 heavy (non-hydrogen) atoms. The molecular weight excluding hydrogens is 270 g/mol. The number of aromatic nitrogens is 2. The van der Waals surface area contributed by atoms with Gasteiger partial charge in [-0.05, 0) is 12.8 Å². The van der Waals surface area contributed by atoms with E-state index in [0.29, 0.717) is 12.2 Å². The lowest BCUT2D eigenvalue weighted by atomic mass is 10.1. The van der Waals surface area contributed by atoms with Gasteiger partial charge in [0, 0.05) is 39.8 Å². The fourth-order valence-electron chi connectivity index (χ4n) is 3.07. The van der Waals surface area contributed by atoms with Crippen molar-refractivity contribution < 1.29 is 9.59 Å². The lowest BCUT2D eigenvalue weighted by Crippen LogP contribution is -2.53. The minimum atomic E-state index is -0.314. The van der Waals surface area contributed by atoms with Gasteiger partial charge < -0.3 is 19.7 Å². The highest BCUT2D eigenvalue weighted by molar-refractivity contribution is 5.96. The number of imidazole rings is 1. The molecule has 0 aromatic carbocycles. The van der Waals surface area contributed by atoms with E-state index in [4.69, 9.17) is 0 Å². The molecule has 1 aromatic heterocycles. The molecule has 0 aliphatic carbocycles. The summed E-state index contributed by atoms with van der Waals surface area (Å²) in [7, 11) is 1.80. The van der Waals surface area contributed by atoms with E-state index in [1.165, 1.54) is 0 Å². The maximum Gasteiger partial charge on any atom is 0.272 e. The lowest BCUT2D eigenvalue weighted by Gasteiger charge is -2.32. The van der Waals surface area contributed by atoms with Crippen LogP contribution in [0.3, 0.4) is 0 Å². The van der Waals surface area contributed by atoms with Crippen LogP contribution in [0.2, 0.25) is 0 Å². The van der Waals surface area contributed by atoms with Crippen LogP contribution in [-0.4, -0.2) is 69.9 Å². The third kappa shape index (κ3) is 2.65. The van der Waals surface area contributed by atoms with Crippen LogP contribution in [0.1, 0.15) is 23.3 Å². The molecule has 3 heterocycles. The molecule has 0 spiro atoms. The van der Waals surface area contributed by atoms with E-state index in [2.05, 4.69) is 10.3 Å². The molecule has 1 atom stereocenters. The van der Waals surface area contributed by atoms with E-state index in [-0.39, 0.29) is 17.9 Å². The van der Waals surface area contributed by atoms with Crippen LogP contribution in [0.25, 0.3) is 0 Å². The van der Waals surface area contributed by atoms with Crippen molar-refractivity contribution in [3.63, 3.8) is 0 Å². The summed E-state index contributed by atoms with van der Waals surface area (Å²) in [5, 5.41) is 3.24. The van der Waals surface area contributed by atoms with Crippen molar-refractivity contribution in [1.82, 2.24) is 24.7 Å². The number of carbonyl (C=O) groups is 2. The van der Waals surface area contributed by atoms with Crippen molar-refractivity contribution in [2.75, 3.05) is 32.7 Å². The Morgan fingerprint density at radius 3 is 2.71 bits per heavy atom. The highest BCUT2D eigenvalue weighted by Crippen LogP contribution is 2.22. The maximum atomic E-state index is 12.7. The first-order chi connectivity index (χ1) is 10.2. The number of nitrogens with zero attached hydrogens (tertiary/aromatic N) is 4. The fraction of sp³-hybridized carbons (Fsp3) is 0.643. The Bertz CT molecular complexity index is 535. The van der Waals surface area contributed by atoms with Gasteiger partial charge >= 0.3 is 0 Å². The first-order valence-corrected chi connectivity index (χ1v) is 7.45. The maximum absolute atomic E-state index is 12.7. The number of nitrogens with one attached hydrogen (secondary N) is 1. The molecule has 1 N–H and O–H groups in total. The number of rotatable bonds is 2. The molecule has 2 aliphatic heterocycles. The van der Waals surface area contributed by atoms with Crippen molar-refractivity contribution in [1.29, 1.82) is 0 Å². The van der Waals surface area contributed by atoms with Gasteiger partial charge in [-0.15, -0.1) is 0 Å². The SMILES string of the molecule is Cn1cncc1C(=O)N1CCCC1C(=O)N1CCNCC1. The fourth-order valence-corrected chi connectivity index (χ4v) is 3.07. The average molecular weight is 291 g/mol. The topological polar surface area (TPSA) is 70.5 Å². The van der Waals surface area contributed by atoms with Gasteiger partial charge in [0.1, 0.15) is 11.7 Å². The number of piperazine rings is 1. The van der Waals surface area contributed by atoms with E-state index in [9.17, 15) is 9.59 Å². The summed E-state index contributed by atoms with van der Waals surface area (Å²) in [5.74, 6) is -0.00879. The molecule has 0 radical (unpaired) electrons. The smallest absolute Gasteiger partial charge is 0.272 e. The van der Waals surface area contributed by atoms with E-state index in [1.807, 2.05) is 4.90 Å². The van der Waals surface area contributed by atoms with Gasteiger partial charge in [-0.1, -0.05) is 0 Å². The Hall–Kier alpha value is -1.89. The zero-order valence-corrected chi connectivity index (χ0v) is 12.3. The molecular formula is C14H21N5O2. The zero-order valence-electron chi connectivity index (χ0n) is 12.3. The average Bonchev–Trinajstić information content (AvgIpc) is 3.15. The van der Waals surface area contributed by atoms with Crippen LogP contribution in [0.4, 0.5) is 0 Å². The van der Waals surface area contributed by atoms with E-state index >= 15 is 0 Å². The Kier molecular flexibility index (Phi) is 3.92. The van der Waals surface area contributed by atoms with Crippen LogP contribution < -0.4 is 5.32 Å². The first-order valence-electron chi connectivity index (χ1n) is 7.45. The van der Waals surface area contributed by atoms with Crippen molar-refractivity contribution in [3.05, 3.63) is 18.2 Å². The van der Waals surface area contributed by atoms with Gasteiger partial charge in [-0.2, -0.15) is 0 Å². The molecule has 2 amide bonds. The van der Waals surface area contributed by atoms with Crippen molar-refractivity contribution in [2.24, 2.45) is 7.05 Å². The number of hydrogen-bond acceptors (Lipinski definition) is 4. The van der Waals surface area contributed by atoms with Crippen LogP contribution in [0.15, 0.2) is 12.5 Å². The minimum Gasteiger partial charge on any atom is -0.338 e. The number of hydrogen-bond donors (Lipinski definition) is 1. The number of amides is 2. The second kappa shape index (κ2) is 5.85. The zero-order chi connectivity index (χ0) is 14.8. The molecule has 3 rings (SSSR count). The second-order valence-corrected chi connectivity index (χ2v) is 5.62. The van der Waals surface area contributed by atoms with Crippen LogP contribution in [0, 0.1) is 0 Å². The van der Waals surface area contributed by atoms with Gasteiger partial charge in [0.15, 0.2) is 0 Å². The van der Waals surface area contributed by atoms with Crippen molar-refractivity contribution in [3.8, 4) is 0 Å². The molecule has 0 bridgehead atoms. The Labute approximate surface area is 123 Å². The van der Waals surface area contributed by atoms with Gasteiger partial charge in [-0.25, -0.2) is 4.98 Å². The number of carbonyl (C=O) groups excluding carboxylic acids is 2. The quantitative estimate of drug-likeness (QED) is 0.794. The Morgan fingerprint density at radius 2 is 2.05 bits per heavy atom. The molecule has 2 aliphatic rings. The molecule has 7 nitrogen and oxygen atoms in total. The van der Waals surface area contributed by atoms with Crippen LogP contribution in [-0.2, 0) is 11.8 Å². The highest BCUT2D eigenvalue weighted by Gasteiger charge is 2.37. The third-order valence-electron chi connectivity index (χ3n) is 4.26. The van der Waals surface area contributed by atoms with Gasteiger partial charge in [0.05, 0.1) is 12.5 Å². The van der Waals surface area contributed by atoms with Crippen LogP contribution >= 0.6 is 0 Å². The molecule has 7 heteroatoms. The van der Waals surface area contributed by atoms with E-state index in [1.54, 1.807) is 29.0 Å². The van der Waals surface area contributed by atoms with Gasteiger partial charge in [-0.3, -0.25) is 9.59 Å². The van der Waals surface area contributed by atoms with E-state index < -0.39 is 0 Å². The van der Waals surface area contributed by atoms with Crippen molar-refractivity contribution >= 4 is 11.8 Å². The molecule has 2 saturated heterocycles. The predicted octanol–water partition coefficient (Wildman–Crippen LogP) is -0.543. The normalized spacial score (nSPS) is 22.6. The molecule has 1 aromatic rings. The summed E-state index contributed by atoms with van der Waals surface area (Å²) in [4.78, 5) is 32.8. The lowest BCUT2D eigenvalue weighted by molar-refractivity contribution is -0.135. The predicted molar refractivity (Wildman–Crippen MR) is 76.7 cm³/mol. The van der Waals surface area contributed by atoms with Gasteiger partial charge in [0.25, 0.3) is 5.91 Å². The third-order valence-corrected chi connectivity index (χ3v) is 4.26. The summed E-state index contributed by atoms with van der Waals surface area (Å²) < 4.78 is 1.70. The number of likely N-dealkylation sites (tertiary alicyclic amines) is 1.